The summed E-state index contributed by atoms with van der Waals surface area (Å²) in [4.78, 5) is 11.0. The zero-order chi connectivity index (χ0) is 10.8. The molecule has 6 nitrogen and oxygen atoms in total. The van der Waals surface area contributed by atoms with Crippen LogP contribution in [0.2, 0.25) is 0 Å². The van der Waals surface area contributed by atoms with Gasteiger partial charge in [0.1, 0.15) is 11.3 Å². The molecule has 0 spiro atoms. The Morgan fingerprint density at radius 1 is 1.27 bits per heavy atom. The van der Waals surface area contributed by atoms with Crippen LogP contribution in [0.5, 0.6) is 5.75 Å². The molecule has 8 heteroatoms. The molecule has 0 atom stereocenters. The van der Waals surface area contributed by atoms with Crippen LogP contribution in [-0.2, 0) is 14.6 Å². The third-order valence-corrected chi connectivity index (χ3v) is 1.67. The monoisotopic (exact) mass is 242 g/mol. The van der Waals surface area contributed by atoms with Crippen LogP contribution in [0.15, 0.2) is 24.3 Å². The maximum absolute atomic E-state index is 11.0. The van der Waals surface area contributed by atoms with E-state index in [2.05, 4.69) is 4.18 Å². The van der Waals surface area contributed by atoms with Crippen LogP contribution in [-0.4, -0.2) is 53.6 Å². The molecule has 1 aromatic carbocycles. The fourth-order valence-electron chi connectivity index (χ4n) is 0.787. The van der Waals surface area contributed by atoms with Gasteiger partial charge in [0.05, 0.1) is 0 Å². The van der Waals surface area contributed by atoms with Gasteiger partial charge in [-0.3, -0.25) is 4.55 Å². The number of hydrogen-bond acceptors (Lipinski definition) is 5. The van der Waals surface area contributed by atoms with Crippen LogP contribution in [0.1, 0.15) is 10.4 Å². The van der Waals surface area contributed by atoms with Crippen molar-refractivity contribution >= 4 is 45.9 Å². The van der Waals surface area contributed by atoms with E-state index in [1.807, 2.05) is 0 Å². The minimum absolute atomic E-state index is 0. The zero-order valence-corrected chi connectivity index (χ0v) is 7.56. The van der Waals surface area contributed by atoms with Crippen molar-refractivity contribution in [3.8, 4) is 5.75 Å². The molecule has 0 aromatic heterocycles. The van der Waals surface area contributed by atoms with Crippen molar-refractivity contribution in [3.05, 3.63) is 29.8 Å². The number of aromatic hydroxyl groups is 1. The second-order valence-corrected chi connectivity index (χ2v) is 3.34. The van der Waals surface area contributed by atoms with Crippen LogP contribution < -0.4 is 0 Å². The molecule has 0 aliphatic rings. The molecule has 0 fully saturated rings. The van der Waals surface area contributed by atoms with E-state index < -0.39 is 22.1 Å². The molecule has 1 aromatic rings. The number of rotatable bonds is 2. The Morgan fingerprint density at radius 3 is 2.27 bits per heavy atom. The van der Waals surface area contributed by atoms with E-state index in [-0.39, 0.29) is 35.1 Å². The first-order valence-corrected chi connectivity index (χ1v) is 4.76. The first-order chi connectivity index (χ1) is 6.40. The molecule has 0 saturated heterocycles. The molecule has 0 bridgehead atoms. The van der Waals surface area contributed by atoms with Gasteiger partial charge < -0.3 is 9.29 Å². The molecule has 0 amide bonds. The van der Waals surface area contributed by atoms with E-state index >= 15 is 0 Å². The molecule has 78 valence electrons. The Bertz CT molecular complexity index is 454. The van der Waals surface area contributed by atoms with E-state index in [1.54, 1.807) is 0 Å². The fraction of sp³-hybridized carbons (Fsp3) is 0. The normalized spacial score (nSPS) is 10.2. The molecule has 0 unspecified atom stereocenters. The van der Waals surface area contributed by atoms with Gasteiger partial charge in [-0.15, -0.1) is 0 Å². The molecule has 1 rings (SSSR count). The first-order valence-electron chi connectivity index (χ1n) is 3.39. The summed E-state index contributed by atoms with van der Waals surface area (Å²) < 4.78 is 32.1. The predicted molar refractivity (Wildman–Crippen MR) is 52.2 cm³/mol. The van der Waals surface area contributed by atoms with Gasteiger partial charge >= 0.3 is 45.9 Å². The number of phenols is 1. The summed E-state index contributed by atoms with van der Waals surface area (Å²) in [5.41, 5.74) is -0.342. The SMILES string of the molecule is O=C(OS(=O)(=O)O)c1ccccc1O.[NaH]. The number of carbonyl (C=O) groups is 1. The molecule has 0 heterocycles. The Kier molecular flexibility index (Phi) is 5.26. The van der Waals surface area contributed by atoms with E-state index in [0.29, 0.717) is 0 Å². The summed E-state index contributed by atoms with van der Waals surface area (Å²) in [5, 5.41) is 9.10. The molecule has 0 aliphatic carbocycles. The average molecular weight is 242 g/mol. The number of benzene rings is 1. The number of phenolic OH excluding ortho intramolecular Hbond substituents is 1. The van der Waals surface area contributed by atoms with Gasteiger partial charge in [0.15, 0.2) is 0 Å². The number of hydrogen-bond donors (Lipinski definition) is 2. The van der Waals surface area contributed by atoms with Gasteiger partial charge in [0, 0.05) is 0 Å². The van der Waals surface area contributed by atoms with E-state index in [0.717, 1.165) is 6.07 Å². The summed E-state index contributed by atoms with van der Waals surface area (Å²) in [6, 6.07) is 5.18. The van der Waals surface area contributed by atoms with E-state index in [9.17, 15) is 13.2 Å². The minimum atomic E-state index is -4.85. The summed E-state index contributed by atoms with van der Waals surface area (Å²) in [6.45, 7) is 0. The summed E-state index contributed by atoms with van der Waals surface area (Å²) >= 11 is 0. The molecule has 2 N–H and O–H groups in total. The van der Waals surface area contributed by atoms with Crippen molar-refractivity contribution in [1.29, 1.82) is 0 Å². The summed E-state index contributed by atoms with van der Waals surface area (Å²) in [6.07, 6.45) is 0. The molecular formula is C7H7NaO6S. The Labute approximate surface area is 108 Å². The fourth-order valence-corrected chi connectivity index (χ4v) is 1.07. The number of carbonyl (C=O) groups excluding carboxylic acids is 1. The van der Waals surface area contributed by atoms with Crippen LogP contribution in [0.4, 0.5) is 0 Å². The Hall–Kier alpha value is -0.600. The standard InChI is InChI=1S/C7H6O6S.Na.H/c8-6-4-2-1-3-5(6)7(9)13-14(10,11)12;;/h1-4,8H,(H,10,11,12);;. The van der Waals surface area contributed by atoms with Crippen LogP contribution in [0, 0.1) is 0 Å². The number of para-hydroxylation sites is 1. The van der Waals surface area contributed by atoms with Crippen molar-refractivity contribution < 1.29 is 27.1 Å². The molecular weight excluding hydrogens is 235 g/mol. The van der Waals surface area contributed by atoms with Crippen LogP contribution in [0.25, 0.3) is 0 Å². The third-order valence-electron chi connectivity index (χ3n) is 1.30. The topological polar surface area (TPSA) is 101 Å². The Morgan fingerprint density at radius 2 is 1.80 bits per heavy atom. The molecule has 0 radical (unpaired) electrons. The molecule has 0 saturated carbocycles. The van der Waals surface area contributed by atoms with Gasteiger partial charge in [0.2, 0.25) is 0 Å². The zero-order valence-electron chi connectivity index (χ0n) is 6.75. The Balaban J connectivity index is 0.00000196. The van der Waals surface area contributed by atoms with Crippen molar-refractivity contribution in [3.63, 3.8) is 0 Å². The first kappa shape index (κ1) is 14.4. The van der Waals surface area contributed by atoms with Gasteiger partial charge in [0.25, 0.3) is 0 Å². The van der Waals surface area contributed by atoms with Crippen molar-refractivity contribution in [1.82, 2.24) is 0 Å². The van der Waals surface area contributed by atoms with E-state index in [1.165, 1.54) is 18.2 Å². The summed E-state index contributed by atoms with van der Waals surface area (Å²) in [7, 11) is -4.85. The van der Waals surface area contributed by atoms with Crippen molar-refractivity contribution in [2.24, 2.45) is 0 Å². The second kappa shape index (κ2) is 5.47. The third kappa shape index (κ3) is 4.63. The van der Waals surface area contributed by atoms with Crippen LogP contribution in [0.3, 0.4) is 0 Å². The maximum atomic E-state index is 11.0. The predicted octanol–water partition coefficient (Wildman–Crippen LogP) is -0.297. The van der Waals surface area contributed by atoms with Crippen molar-refractivity contribution in [2.45, 2.75) is 0 Å². The van der Waals surface area contributed by atoms with Gasteiger partial charge in [-0.25, -0.2) is 4.79 Å². The second-order valence-electron chi connectivity index (χ2n) is 2.32. The van der Waals surface area contributed by atoms with Crippen molar-refractivity contribution in [2.75, 3.05) is 0 Å². The summed E-state index contributed by atoms with van der Waals surface area (Å²) in [5.74, 6) is -1.77. The van der Waals surface area contributed by atoms with Gasteiger partial charge in [-0.2, -0.15) is 8.42 Å². The van der Waals surface area contributed by atoms with Gasteiger partial charge in [-0.1, -0.05) is 12.1 Å². The molecule has 15 heavy (non-hydrogen) atoms. The average Bonchev–Trinajstić information content (AvgIpc) is 2.01. The molecule has 0 aliphatic heterocycles. The van der Waals surface area contributed by atoms with Crippen LogP contribution >= 0.6 is 0 Å². The quantitative estimate of drug-likeness (QED) is 0.545. The van der Waals surface area contributed by atoms with E-state index in [4.69, 9.17) is 9.66 Å². The van der Waals surface area contributed by atoms with Gasteiger partial charge in [-0.05, 0) is 12.1 Å².